The van der Waals surface area contributed by atoms with Gasteiger partial charge in [0, 0.05) is 24.8 Å². The van der Waals surface area contributed by atoms with E-state index in [0.29, 0.717) is 17.6 Å². The number of aromatic nitrogens is 6. The van der Waals surface area contributed by atoms with E-state index >= 15 is 0 Å². The second kappa shape index (κ2) is 8.42. The lowest BCUT2D eigenvalue weighted by Crippen LogP contribution is -2.42. The molecule has 1 fully saturated rings. The third-order valence-electron chi connectivity index (χ3n) is 6.69. The number of rotatable bonds is 4. The number of hydrogen-bond acceptors (Lipinski definition) is 8. The Kier molecular flexibility index (Phi) is 5.43. The highest BCUT2D eigenvalue weighted by molar-refractivity contribution is 5.92. The first-order chi connectivity index (χ1) is 16.0. The average Bonchev–Trinajstić information content (AvgIpc) is 3.54. The van der Waals surface area contributed by atoms with Crippen molar-refractivity contribution in [2.24, 2.45) is 0 Å². The van der Waals surface area contributed by atoms with Crippen molar-refractivity contribution in [3.8, 4) is 17.1 Å². The van der Waals surface area contributed by atoms with Crippen LogP contribution in [0, 0.1) is 6.92 Å². The fourth-order valence-corrected chi connectivity index (χ4v) is 5.12. The normalized spacial score (nSPS) is 17.6. The zero-order valence-electron chi connectivity index (χ0n) is 19.4. The Morgan fingerprint density at radius 1 is 1.27 bits per heavy atom. The van der Waals surface area contributed by atoms with Gasteiger partial charge >= 0.3 is 6.09 Å². The predicted molar refractivity (Wildman–Crippen MR) is 123 cm³/mol. The van der Waals surface area contributed by atoms with Crippen LogP contribution in [0.1, 0.15) is 56.6 Å². The number of aryl methyl sites for hydroxylation is 1. The molecular weight excluding hydrogens is 420 g/mol. The minimum atomic E-state index is -0.480. The minimum absolute atomic E-state index is 0.0971. The Labute approximate surface area is 192 Å². The summed E-state index contributed by atoms with van der Waals surface area (Å²) < 4.78 is 6.94. The molecule has 0 unspecified atom stereocenters. The van der Waals surface area contributed by atoms with Crippen LogP contribution >= 0.6 is 0 Å². The van der Waals surface area contributed by atoms with Crippen molar-refractivity contribution < 1.29 is 9.53 Å². The van der Waals surface area contributed by atoms with E-state index in [1.807, 2.05) is 17.6 Å². The molecule has 3 aromatic rings. The van der Waals surface area contributed by atoms with Crippen molar-refractivity contribution in [1.29, 1.82) is 0 Å². The van der Waals surface area contributed by atoms with E-state index in [2.05, 4.69) is 27.0 Å². The van der Waals surface area contributed by atoms with Crippen molar-refractivity contribution in [3.05, 3.63) is 36.3 Å². The van der Waals surface area contributed by atoms with Crippen molar-refractivity contribution in [2.75, 3.05) is 24.0 Å². The molecule has 0 saturated heterocycles. The van der Waals surface area contributed by atoms with Gasteiger partial charge in [-0.15, -0.1) is 10.2 Å². The van der Waals surface area contributed by atoms with E-state index in [0.717, 1.165) is 47.8 Å². The third kappa shape index (κ3) is 3.40. The Balaban J connectivity index is 1.71. The van der Waals surface area contributed by atoms with Crippen LogP contribution in [0.5, 0.6) is 0 Å². The van der Waals surface area contributed by atoms with Crippen molar-refractivity contribution in [1.82, 2.24) is 29.7 Å². The minimum Gasteiger partial charge on any atom is -0.452 e. The molecule has 5 rings (SSSR count). The molecule has 1 amide bonds. The maximum absolute atomic E-state index is 12.2. The number of pyridine rings is 1. The molecule has 1 aliphatic heterocycles. The maximum Gasteiger partial charge on any atom is 0.413 e. The molecule has 4 heterocycles. The van der Waals surface area contributed by atoms with Gasteiger partial charge in [-0.25, -0.2) is 14.8 Å². The lowest BCUT2D eigenvalue weighted by atomic mass is 10.0. The second-order valence-corrected chi connectivity index (χ2v) is 8.56. The number of fused-ring (bicyclic) bond motifs is 3. The van der Waals surface area contributed by atoms with E-state index in [9.17, 15) is 4.79 Å². The summed E-state index contributed by atoms with van der Waals surface area (Å²) in [7, 11) is 3.01. The van der Waals surface area contributed by atoms with Crippen LogP contribution in [0.4, 0.5) is 16.3 Å². The quantitative estimate of drug-likeness (QED) is 0.593. The van der Waals surface area contributed by atoms with Crippen LogP contribution in [0.2, 0.25) is 0 Å². The van der Waals surface area contributed by atoms with Gasteiger partial charge in [-0.1, -0.05) is 19.8 Å². The first kappa shape index (κ1) is 21.3. The molecule has 0 bridgehead atoms. The number of methoxy groups -OCH3 is 1. The van der Waals surface area contributed by atoms with Gasteiger partial charge in [0.15, 0.2) is 17.5 Å². The van der Waals surface area contributed by atoms with Crippen LogP contribution in [-0.2, 0) is 4.74 Å². The lowest BCUT2D eigenvalue weighted by molar-refractivity contribution is 0.180. The van der Waals surface area contributed by atoms with Gasteiger partial charge in [-0.2, -0.15) is 0 Å². The lowest BCUT2D eigenvalue weighted by Gasteiger charge is -2.41. The van der Waals surface area contributed by atoms with Crippen molar-refractivity contribution in [2.45, 2.75) is 58.0 Å². The first-order valence-electron chi connectivity index (χ1n) is 11.4. The Bertz CT molecular complexity index is 1190. The number of carbonyl (C=O) groups excluding carboxylic acids is 1. The Morgan fingerprint density at radius 3 is 2.79 bits per heavy atom. The van der Waals surface area contributed by atoms with Gasteiger partial charge in [0.1, 0.15) is 12.0 Å². The molecule has 10 nitrogen and oxygen atoms in total. The van der Waals surface area contributed by atoms with Gasteiger partial charge in [0.2, 0.25) is 0 Å². The predicted octanol–water partition coefficient (Wildman–Crippen LogP) is 3.84. The van der Waals surface area contributed by atoms with Gasteiger partial charge in [0.05, 0.1) is 30.7 Å². The number of amides is 1. The van der Waals surface area contributed by atoms with E-state index < -0.39 is 6.09 Å². The van der Waals surface area contributed by atoms with E-state index in [1.165, 1.54) is 24.9 Å². The summed E-state index contributed by atoms with van der Waals surface area (Å²) in [4.78, 5) is 30.2. The topological polar surface area (TPSA) is 102 Å². The summed E-state index contributed by atoms with van der Waals surface area (Å²) in [6.45, 7) is 4.16. The molecule has 0 N–H and O–H groups in total. The molecule has 1 saturated carbocycles. The smallest absolute Gasteiger partial charge is 0.413 e. The summed E-state index contributed by atoms with van der Waals surface area (Å²) in [5, 5.41) is 8.68. The molecule has 2 aliphatic rings. The number of nitrogens with zero attached hydrogens (tertiary/aromatic N) is 8. The summed E-state index contributed by atoms with van der Waals surface area (Å²) >= 11 is 0. The van der Waals surface area contributed by atoms with Gasteiger partial charge < -0.3 is 9.64 Å². The second-order valence-electron chi connectivity index (χ2n) is 8.56. The maximum atomic E-state index is 12.2. The first-order valence-corrected chi connectivity index (χ1v) is 11.4. The van der Waals surface area contributed by atoms with Crippen LogP contribution in [0.3, 0.4) is 0 Å². The van der Waals surface area contributed by atoms with Crippen LogP contribution in [-0.4, -0.2) is 56.0 Å². The summed E-state index contributed by atoms with van der Waals surface area (Å²) in [6, 6.07) is 2.33. The van der Waals surface area contributed by atoms with Crippen LogP contribution in [0.25, 0.3) is 17.1 Å². The zero-order chi connectivity index (χ0) is 23.1. The fraction of sp³-hybridized carbons (Fsp3) is 0.478. The number of anilines is 2. The Hall–Kier alpha value is -3.56. The van der Waals surface area contributed by atoms with E-state index in [1.54, 1.807) is 25.8 Å². The van der Waals surface area contributed by atoms with E-state index in [4.69, 9.17) is 14.7 Å². The van der Waals surface area contributed by atoms with Gasteiger partial charge in [-0.3, -0.25) is 14.5 Å². The molecule has 1 aliphatic carbocycles. The van der Waals surface area contributed by atoms with Crippen molar-refractivity contribution in [3.63, 3.8) is 0 Å². The summed E-state index contributed by atoms with van der Waals surface area (Å²) in [5.74, 6) is 2.38. The number of ether oxygens (including phenoxy) is 1. The molecule has 0 aromatic carbocycles. The third-order valence-corrected chi connectivity index (χ3v) is 6.69. The van der Waals surface area contributed by atoms with Crippen LogP contribution in [0.15, 0.2) is 24.8 Å². The van der Waals surface area contributed by atoms with E-state index in [-0.39, 0.29) is 6.04 Å². The molecule has 0 spiro atoms. The molecule has 33 heavy (non-hydrogen) atoms. The van der Waals surface area contributed by atoms with Crippen LogP contribution < -0.4 is 9.80 Å². The van der Waals surface area contributed by atoms with Gasteiger partial charge in [-0.05, 0) is 32.3 Å². The SMILES string of the molecule is CC[C@@H]1c2nncn2-c2c(C)nc(-c3ccncc3N(C)C(=O)OC)nc2N1C1CCCC1. The standard InChI is InChI=1S/C23H28N8O2/c1-5-17-21-28-25-13-30(21)19-14(2)26-20(27-22(19)31(17)15-8-6-7-9-15)16-10-11-24-12-18(16)29(3)23(32)33-4/h10-13,15,17H,5-9H2,1-4H3/t17-/m1/s1. The molecule has 3 aromatic heterocycles. The molecule has 172 valence electrons. The number of carbonyl (C=O) groups is 1. The Morgan fingerprint density at radius 2 is 2.06 bits per heavy atom. The summed E-state index contributed by atoms with van der Waals surface area (Å²) in [5.41, 5.74) is 3.06. The average molecular weight is 449 g/mol. The van der Waals surface area contributed by atoms with Gasteiger partial charge in [0.25, 0.3) is 0 Å². The molecule has 10 heteroatoms. The highest BCUT2D eigenvalue weighted by atomic mass is 16.5. The zero-order valence-corrected chi connectivity index (χ0v) is 19.4. The molecule has 0 radical (unpaired) electrons. The fourth-order valence-electron chi connectivity index (χ4n) is 5.12. The molecule has 1 atom stereocenters. The van der Waals surface area contributed by atoms with Crippen molar-refractivity contribution >= 4 is 17.6 Å². The largest absolute Gasteiger partial charge is 0.452 e. The number of hydrogen-bond donors (Lipinski definition) is 0. The summed E-state index contributed by atoms with van der Waals surface area (Å²) in [6.07, 6.45) is 10.2. The molecular formula is C23H28N8O2. The monoisotopic (exact) mass is 448 g/mol. The highest BCUT2D eigenvalue weighted by Crippen LogP contribution is 2.44. The highest BCUT2D eigenvalue weighted by Gasteiger charge is 2.39.